The molecular weight excluding hydrogens is 192 g/mol. The summed E-state index contributed by atoms with van der Waals surface area (Å²) in [5.74, 6) is 2.16. The van der Waals surface area contributed by atoms with Gasteiger partial charge in [-0.3, -0.25) is 0 Å². The van der Waals surface area contributed by atoms with Gasteiger partial charge >= 0.3 is 0 Å². The third kappa shape index (κ3) is 0.962. The first-order chi connectivity index (χ1) is 6.86. The van der Waals surface area contributed by atoms with E-state index in [4.69, 9.17) is 0 Å². The smallest absolute Gasteiger partial charge is 0.132 e. The summed E-state index contributed by atoms with van der Waals surface area (Å²) in [5.41, 5.74) is 1.70. The summed E-state index contributed by atoms with van der Waals surface area (Å²) in [5, 5.41) is 0. The Morgan fingerprint density at radius 1 is 1.57 bits per heavy atom. The summed E-state index contributed by atoms with van der Waals surface area (Å²) >= 11 is 4.52. The molecule has 1 fully saturated rings. The average Bonchev–Trinajstić information content (AvgIpc) is 2.73. The monoisotopic (exact) mass is 206 g/mol. The summed E-state index contributed by atoms with van der Waals surface area (Å²) in [6.07, 6.45) is 5.59. The number of hydrogen-bond acceptors (Lipinski definition) is 3. The second-order valence-corrected chi connectivity index (χ2v) is 4.62. The van der Waals surface area contributed by atoms with Gasteiger partial charge in [0.25, 0.3) is 0 Å². The maximum Gasteiger partial charge on any atom is 0.132 e. The molecular formula is C11H14N2S. The molecule has 1 aromatic rings. The molecule has 0 bridgehead atoms. The number of anilines is 1. The van der Waals surface area contributed by atoms with E-state index < -0.39 is 0 Å². The van der Waals surface area contributed by atoms with Gasteiger partial charge in [-0.15, -0.1) is 0 Å². The molecule has 0 N–H and O–H groups in total. The third-order valence-corrected chi connectivity index (χ3v) is 4.12. The Labute approximate surface area is 89.7 Å². The van der Waals surface area contributed by atoms with Crippen molar-refractivity contribution in [2.24, 2.45) is 0 Å². The molecule has 0 radical (unpaired) electrons. The number of nitrogens with zero attached hydrogens (tertiary/aromatic N) is 2. The molecule has 0 amide bonds. The minimum Gasteiger partial charge on any atom is -0.350 e. The molecule has 3 heterocycles. The summed E-state index contributed by atoms with van der Waals surface area (Å²) < 4.78 is 0. The van der Waals surface area contributed by atoms with Crippen molar-refractivity contribution in [2.75, 3.05) is 17.2 Å². The van der Waals surface area contributed by atoms with Crippen LogP contribution < -0.4 is 4.90 Å². The summed E-state index contributed by atoms with van der Waals surface area (Å²) in [6, 6.07) is 4.24. The number of thiol groups is 1. The van der Waals surface area contributed by atoms with Gasteiger partial charge in [0, 0.05) is 24.9 Å². The van der Waals surface area contributed by atoms with Crippen molar-refractivity contribution in [2.45, 2.75) is 24.8 Å². The highest BCUT2D eigenvalue weighted by atomic mass is 32.1. The number of fused-ring (bicyclic) bond motifs is 3. The molecule has 2 nitrogen and oxygen atoms in total. The minimum atomic E-state index is 0.291. The number of hydrogen-bond donors (Lipinski definition) is 1. The molecule has 2 aliphatic heterocycles. The van der Waals surface area contributed by atoms with Crippen molar-refractivity contribution in [1.82, 2.24) is 4.98 Å². The van der Waals surface area contributed by atoms with E-state index in [0.29, 0.717) is 5.54 Å². The maximum absolute atomic E-state index is 4.52. The molecule has 2 aliphatic rings. The van der Waals surface area contributed by atoms with Gasteiger partial charge in [-0.25, -0.2) is 4.98 Å². The Hall–Kier alpha value is -0.700. The van der Waals surface area contributed by atoms with Crippen LogP contribution in [-0.4, -0.2) is 22.8 Å². The normalized spacial score (nSPS) is 29.1. The van der Waals surface area contributed by atoms with Crippen LogP contribution in [0, 0.1) is 0 Å². The lowest BCUT2D eigenvalue weighted by atomic mass is 9.94. The van der Waals surface area contributed by atoms with Gasteiger partial charge in [-0.2, -0.15) is 12.6 Å². The van der Waals surface area contributed by atoms with Gasteiger partial charge in [-0.05, 0) is 24.5 Å². The lowest BCUT2D eigenvalue weighted by molar-refractivity contribution is 0.502. The molecule has 14 heavy (non-hydrogen) atoms. The van der Waals surface area contributed by atoms with Crippen LogP contribution in [0.2, 0.25) is 0 Å². The zero-order chi connectivity index (χ0) is 9.60. The van der Waals surface area contributed by atoms with E-state index in [1.165, 1.54) is 24.2 Å². The quantitative estimate of drug-likeness (QED) is 0.706. The van der Waals surface area contributed by atoms with Crippen LogP contribution in [0.4, 0.5) is 5.82 Å². The minimum absolute atomic E-state index is 0.291. The Balaban J connectivity index is 2.09. The Morgan fingerprint density at radius 3 is 3.36 bits per heavy atom. The first-order valence-electron chi connectivity index (χ1n) is 5.18. The van der Waals surface area contributed by atoms with Crippen molar-refractivity contribution in [1.29, 1.82) is 0 Å². The molecule has 1 aromatic heterocycles. The predicted molar refractivity (Wildman–Crippen MR) is 61.1 cm³/mol. The molecule has 1 saturated heterocycles. The maximum atomic E-state index is 4.52. The molecule has 0 saturated carbocycles. The highest BCUT2D eigenvalue weighted by Crippen LogP contribution is 2.44. The zero-order valence-electron chi connectivity index (χ0n) is 8.11. The fourth-order valence-electron chi connectivity index (χ4n) is 2.84. The van der Waals surface area contributed by atoms with Crippen LogP contribution in [0.5, 0.6) is 0 Å². The summed E-state index contributed by atoms with van der Waals surface area (Å²) in [4.78, 5) is 6.95. The van der Waals surface area contributed by atoms with Crippen molar-refractivity contribution < 1.29 is 0 Å². The number of rotatable bonds is 1. The van der Waals surface area contributed by atoms with Crippen molar-refractivity contribution in [3.63, 3.8) is 0 Å². The standard InChI is InChI=1S/C11H14N2S/c14-8-11-4-2-6-13(11)10-9(7-11)3-1-5-12-10/h1,3,5,14H,2,4,6-8H2. The molecule has 74 valence electrons. The van der Waals surface area contributed by atoms with Crippen LogP contribution in [0.15, 0.2) is 18.3 Å². The second-order valence-electron chi connectivity index (χ2n) is 4.30. The fraction of sp³-hybridized carbons (Fsp3) is 0.545. The highest BCUT2D eigenvalue weighted by molar-refractivity contribution is 7.80. The molecule has 0 spiro atoms. The lowest BCUT2D eigenvalue weighted by Gasteiger charge is -2.31. The first-order valence-corrected chi connectivity index (χ1v) is 5.81. The van der Waals surface area contributed by atoms with Gasteiger partial charge < -0.3 is 4.90 Å². The van der Waals surface area contributed by atoms with Gasteiger partial charge in [0.05, 0.1) is 5.54 Å². The Bertz CT molecular complexity index is 366. The summed E-state index contributed by atoms with van der Waals surface area (Å²) in [6.45, 7) is 1.16. The van der Waals surface area contributed by atoms with Crippen LogP contribution in [0.3, 0.4) is 0 Å². The van der Waals surface area contributed by atoms with E-state index in [1.807, 2.05) is 12.3 Å². The van der Waals surface area contributed by atoms with Crippen molar-refractivity contribution >= 4 is 18.4 Å². The Morgan fingerprint density at radius 2 is 2.50 bits per heavy atom. The first kappa shape index (κ1) is 8.60. The number of pyridine rings is 1. The average molecular weight is 206 g/mol. The van der Waals surface area contributed by atoms with Crippen molar-refractivity contribution in [3.05, 3.63) is 23.9 Å². The van der Waals surface area contributed by atoms with Crippen molar-refractivity contribution in [3.8, 4) is 0 Å². The van der Waals surface area contributed by atoms with E-state index in [1.54, 1.807) is 0 Å². The third-order valence-electron chi connectivity index (χ3n) is 3.53. The Kier molecular flexibility index (Phi) is 1.78. The molecule has 3 heteroatoms. The molecule has 1 unspecified atom stereocenters. The summed E-state index contributed by atoms with van der Waals surface area (Å²) in [7, 11) is 0. The van der Waals surface area contributed by atoms with E-state index in [0.717, 1.165) is 18.7 Å². The van der Waals surface area contributed by atoms with Gasteiger partial charge in [0.15, 0.2) is 0 Å². The van der Waals surface area contributed by atoms with Crippen LogP contribution in [0.25, 0.3) is 0 Å². The largest absolute Gasteiger partial charge is 0.350 e. The number of aromatic nitrogens is 1. The fourth-order valence-corrected chi connectivity index (χ4v) is 3.28. The lowest BCUT2D eigenvalue weighted by Crippen LogP contribution is -2.43. The van der Waals surface area contributed by atoms with E-state index >= 15 is 0 Å². The molecule has 3 rings (SSSR count). The van der Waals surface area contributed by atoms with Gasteiger partial charge in [-0.1, -0.05) is 6.07 Å². The van der Waals surface area contributed by atoms with Crippen LogP contribution in [-0.2, 0) is 6.42 Å². The SMILES string of the molecule is SCC12CCCN1c1ncccc1C2. The van der Waals surface area contributed by atoms with Crippen LogP contribution in [0.1, 0.15) is 18.4 Å². The van der Waals surface area contributed by atoms with Gasteiger partial charge in [0.1, 0.15) is 5.82 Å². The molecule has 0 aliphatic carbocycles. The van der Waals surface area contributed by atoms with E-state index in [-0.39, 0.29) is 0 Å². The highest BCUT2D eigenvalue weighted by Gasteiger charge is 2.46. The second kappa shape index (κ2) is 2.89. The molecule has 0 aromatic carbocycles. The van der Waals surface area contributed by atoms with E-state index in [9.17, 15) is 0 Å². The van der Waals surface area contributed by atoms with Crippen LogP contribution >= 0.6 is 12.6 Å². The molecule has 1 atom stereocenters. The predicted octanol–water partition coefficient (Wildman–Crippen LogP) is 1.91. The van der Waals surface area contributed by atoms with E-state index in [2.05, 4.69) is 28.6 Å². The zero-order valence-corrected chi connectivity index (χ0v) is 9.00. The van der Waals surface area contributed by atoms with Gasteiger partial charge in [0.2, 0.25) is 0 Å². The topological polar surface area (TPSA) is 16.1 Å².